The Morgan fingerprint density at radius 3 is 2.81 bits per heavy atom. The van der Waals surface area contributed by atoms with Crippen LogP contribution in [0.3, 0.4) is 0 Å². The third-order valence-electron chi connectivity index (χ3n) is 3.69. The molecule has 0 saturated heterocycles. The summed E-state index contributed by atoms with van der Waals surface area (Å²) < 4.78 is 0. The molecule has 0 aliphatic carbocycles. The lowest BCUT2D eigenvalue weighted by Gasteiger charge is -2.24. The molecule has 0 radical (unpaired) electrons. The zero-order valence-corrected chi connectivity index (χ0v) is 12.8. The quantitative estimate of drug-likeness (QED) is 0.884. The standard InChI is InChI=1S/C17H18N2OS/c1-2-19(14-8-5-7-13(18)11-14)17(20)16-10-12-6-3-4-9-15(12)21-16/h3-9,11,16H,2,10,18H2,1H3. The van der Waals surface area contributed by atoms with Gasteiger partial charge in [-0.1, -0.05) is 24.3 Å². The highest BCUT2D eigenvalue weighted by Gasteiger charge is 2.31. The monoisotopic (exact) mass is 298 g/mol. The van der Waals surface area contributed by atoms with E-state index in [0.29, 0.717) is 12.2 Å². The van der Waals surface area contributed by atoms with Gasteiger partial charge in [-0.25, -0.2) is 0 Å². The Kier molecular flexibility index (Phi) is 3.88. The minimum atomic E-state index is -0.0382. The number of hydrogen-bond acceptors (Lipinski definition) is 3. The van der Waals surface area contributed by atoms with E-state index >= 15 is 0 Å². The molecule has 2 N–H and O–H groups in total. The fraction of sp³-hybridized carbons (Fsp3) is 0.235. The molecule has 1 aliphatic heterocycles. The second-order valence-electron chi connectivity index (χ2n) is 5.10. The predicted octanol–water partition coefficient (Wildman–Crippen LogP) is 3.34. The van der Waals surface area contributed by atoms with Crippen molar-refractivity contribution in [1.29, 1.82) is 0 Å². The van der Waals surface area contributed by atoms with E-state index in [4.69, 9.17) is 5.73 Å². The summed E-state index contributed by atoms with van der Waals surface area (Å²) >= 11 is 1.66. The third kappa shape index (κ3) is 2.76. The zero-order valence-electron chi connectivity index (χ0n) is 12.0. The lowest BCUT2D eigenvalue weighted by molar-refractivity contribution is -0.118. The molecule has 2 aromatic rings. The van der Waals surface area contributed by atoms with Gasteiger partial charge in [0.1, 0.15) is 0 Å². The summed E-state index contributed by atoms with van der Waals surface area (Å²) in [5, 5.41) is -0.0382. The average molecular weight is 298 g/mol. The van der Waals surface area contributed by atoms with Crippen molar-refractivity contribution in [3.8, 4) is 0 Å². The van der Waals surface area contributed by atoms with Crippen molar-refractivity contribution in [1.82, 2.24) is 0 Å². The van der Waals surface area contributed by atoms with E-state index in [9.17, 15) is 4.79 Å². The molecule has 0 aromatic heterocycles. The Morgan fingerprint density at radius 1 is 1.29 bits per heavy atom. The minimum Gasteiger partial charge on any atom is -0.399 e. The van der Waals surface area contributed by atoms with Crippen LogP contribution in [0.15, 0.2) is 53.4 Å². The first-order valence-electron chi connectivity index (χ1n) is 7.10. The van der Waals surface area contributed by atoms with Gasteiger partial charge in [0.05, 0.1) is 5.25 Å². The first kappa shape index (κ1) is 14.0. The Hall–Kier alpha value is -1.94. The molecule has 1 heterocycles. The van der Waals surface area contributed by atoms with Gasteiger partial charge in [0.25, 0.3) is 0 Å². The van der Waals surface area contributed by atoms with E-state index in [1.54, 1.807) is 11.8 Å². The maximum Gasteiger partial charge on any atom is 0.240 e. The van der Waals surface area contributed by atoms with Gasteiger partial charge in [0.15, 0.2) is 0 Å². The number of thioether (sulfide) groups is 1. The van der Waals surface area contributed by atoms with Gasteiger partial charge in [-0.05, 0) is 43.2 Å². The summed E-state index contributed by atoms with van der Waals surface area (Å²) in [6.07, 6.45) is 0.804. The summed E-state index contributed by atoms with van der Waals surface area (Å²) in [6.45, 7) is 2.64. The van der Waals surface area contributed by atoms with E-state index in [1.807, 2.05) is 48.2 Å². The third-order valence-corrected chi connectivity index (χ3v) is 4.99. The van der Waals surface area contributed by atoms with Crippen molar-refractivity contribution in [3.05, 3.63) is 54.1 Å². The molecular formula is C17H18N2OS. The maximum absolute atomic E-state index is 12.8. The number of anilines is 2. The fourth-order valence-electron chi connectivity index (χ4n) is 2.65. The molecule has 1 unspecified atom stereocenters. The minimum absolute atomic E-state index is 0.0382. The highest BCUT2D eigenvalue weighted by Crippen LogP contribution is 2.38. The number of amides is 1. The molecule has 3 nitrogen and oxygen atoms in total. The number of fused-ring (bicyclic) bond motifs is 1. The molecule has 108 valence electrons. The molecular weight excluding hydrogens is 280 g/mol. The van der Waals surface area contributed by atoms with E-state index in [0.717, 1.165) is 12.1 Å². The van der Waals surface area contributed by atoms with Crippen LogP contribution in [0, 0.1) is 0 Å². The molecule has 0 bridgehead atoms. The van der Waals surface area contributed by atoms with Crippen molar-refractivity contribution in [2.24, 2.45) is 0 Å². The fourth-order valence-corrected chi connectivity index (χ4v) is 3.91. The molecule has 1 amide bonds. The van der Waals surface area contributed by atoms with Gasteiger partial charge in [0.2, 0.25) is 5.91 Å². The Bertz CT molecular complexity index is 646. The number of nitrogens with two attached hydrogens (primary N) is 1. The zero-order chi connectivity index (χ0) is 14.8. The van der Waals surface area contributed by atoms with E-state index in [-0.39, 0.29) is 11.2 Å². The molecule has 21 heavy (non-hydrogen) atoms. The van der Waals surface area contributed by atoms with Crippen LogP contribution < -0.4 is 10.6 Å². The van der Waals surface area contributed by atoms with Gasteiger partial charge >= 0.3 is 0 Å². The largest absolute Gasteiger partial charge is 0.399 e. The number of hydrogen-bond donors (Lipinski definition) is 1. The van der Waals surface area contributed by atoms with Crippen molar-refractivity contribution in [3.63, 3.8) is 0 Å². The number of rotatable bonds is 3. The number of benzene rings is 2. The molecule has 2 aromatic carbocycles. The van der Waals surface area contributed by atoms with Crippen LogP contribution in [0.1, 0.15) is 12.5 Å². The number of nitrogen functional groups attached to an aromatic ring is 1. The summed E-state index contributed by atoms with van der Waals surface area (Å²) in [6, 6.07) is 15.8. The van der Waals surface area contributed by atoms with Crippen LogP contribution >= 0.6 is 11.8 Å². The number of carbonyl (C=O) groups is 1. The summed E-state index contributed by atoms with van der Waals surface area (Å²) in [5.74, 6) is 0.157. The van der Waals surface area contributed by atoms with Gasteiger partial charge < -0.3 is 10.6 Å². The summed E-state index contributed by atoms with van der Waals surface area (Å²) in [7, 11) is 0. The van der Waals surface area contributed by atoms with Crippen LogP contribution in [-0.4, -0.2) is 17.7 Å². The van der Waals surface area contributed by atoms with Crippen LogP contribution in [0.4, 0.5) is 11.4 Å². The molecule has 0 saturated carbocycles. The van der Waals surface area contributed by atoms with Gasteiger partial charge in [-0.3, -0.25) is 4.79 Å². The topological polar surface area (TPSA) is 46.3 Å². The molecule has 3 rings (SSSR count). The van der Waals surface area contributed by atoms with Crippen LogP contribution in [0.25, 0.3) is 0 Å². The Balaban J connectivity index is 1.81. The van der Waals surface area contributed by atoms with Crippen molar-refractivity contribution in [2.45, 2.75) is 23.5 Å². The highest BCUT2D eigenvalue weighted by atomic mass is 32.2. The van der Waals surface area contributed by atoms with Crippen molar-refractivity contribution >= 4 is 29.0 Å². The molecule has 1 aliphatic rings. The van der Waals surface area contributed by atoms with Crippen LogP contribution in [-0.2, 0) is 11.2 Å². The van der Waals surface area contributed by atoms with E-state index < -0.39 is 0 Å². The maximum atomic E-state index is 12.8. The Morgan fingerprint density at radius 2 is 2.10 bits per heavy atom. The van der Waals surface area contributed by atoms with Crippen molar-refractivity contribution in [2.75, 3.05) is 17.2 Å². The van der Waals surface area contributed by atoms with Gasteiger partial charge in [-0.15, -0.1) is 11.8 Å². The summed E-state index contributed by atoms with van der Waals surface area (Å²) in [5.41, 5.74) is 8.65. The SMILES string of the molecule is CCN(C(=O)C1Cc2ccccc2S1)c1cccc(N)c1. The Labute approximate surface area is 129 Å². The van der Waals surface area contributed by atoms with Gasteiger partial charge in [0, 0.05) is 22.8 Å². The van der Waals surface area contributed by atoms with E-state index in [1.165, 1.54) is 10.5 Å². The smallest absolute Gasteiger partial charge is 0.240 e. The normalized spacial score (nSPS) is 16.5. The number of carbonyl (C=O) groups excluding carboxylic acids is 1. The second-order valence-corrected chi connectivity index (χ2v) is 6.34. The van der Waals surface area contributed by atoms with Gasteiger partial charge in [-0.2, -0.15) is 0 Å². The van der Waals surface area contributed by atoms with Crippen molar-refractivity contribution < 1.29 is 4.79 Å². The molecule has 1 atom stereocenters. The summed E-state index contributed by atoms with van der Waals surface area (Å²) in [4.78, 5) is 15.9. The lowest BCUT2D eigenvalue weighted by Crippen LogP contribution is -2.37. The molecule has 0 fully saturated rings. The van der Waals surface area contributed by atoms with Crippen LogP contribution in [0.2, 0.25) is 0 Å². The first-order chi connectivity index (χ1) is 10.2. The first-order valence-corrected chi connectivity index (χ1v) is 7.98. The second kappa shape index (κ2) is 5.82. The molecule has 0 spiro atoms. The molecule has 4 heteroatoms. The lowest BCUT2D eigenvalue weighted by atomic mass is 10.1. The number of nitrogens with zero attached hydrogens (tertiary/aromatic N) is 1. The van der Waals surface area contributed by atoms with Crippen LogP contribution in [0.5, 0.6) is 0 Å². The van der Waals surface area contributed by atoms with E-state index in [2.05, 4.69) is 12.1 Å². The predicted molar refractivity (Wildman–Crippen MR) is 88.7 cm³/mol. The average Bonchev–Trinajstić information content (AvgIpc) is 2.92. The highest BCUT2D eigenvalue weighted by molar-refractivity contribution is 8.01.